The van der Waals surface area contributed by atoms with Crippen molar-refractivity contribution in [2.24, 2.45) is 7.05 Å². The number of aryl methyl sites for hydroxylation is 1. The Morgan fingerprint density at radius 1 is 1.55 bits per heavy atom. The first kappa shape index (κ1) is 15.3. The van der Waals surface area contributed by atoms with Gasteiger partial charge in [-0.1, -0.05) is 11.6 Å². The van der Waals surface area contributed by atoms with E-state index in [0.29, 0.717) is 29.9 Å². The summed E-state index contributed by atoms with van der Waals surface area (Å²) in [5, 5.41) is 9.89. The molecule has 0 radical (unpaired) electrons. The van der Waals surface area contributed by atoms with E-state index in [-0.39, 0.29) is 16.7 Å². The number of ether oxygens (including phenoxy) is 2. The molecule has 0 saturated carbocycles. The molecule has 1 aliphatic heterocycles. The van der Waals surface area contributed by atoms with E-state index in [1.807, 2.05) is 6.07 Å². The molecule has 2 heterocycles. The molecule has 7 heteroatoms. The summed E-state index contributed by atoms with van der Waals surface area (Å²) in [5.74, 6) is 0.624. The molecule has 0 spiro atoms. The van der Waals surface area contributed by atoms with Gasteiger partial charge in [0.05, 0.1) is 28.2 Å². The van der Waals surface area contributed by atoms with E-state index in [1.54, 1.807) is 19.2 Å². The Kier molecular flexibility index (Phi) is 4.13. The molecule has 1 fully saturated rings. The van der Waals surface area contributed by atoms with Crippen LogP contribution < -0.4 is 10.3 Å². The zero-order valence-electron chi connectivity index (χ0n) is 11.7. The Labute approximate surface area is 140 Å². The SMILES string of the molecule is Cn1c(=O)c(C#N)c(Cl)c2cc(Br)c(O[C@@H]3CCOC3)cc21. The van der Waals surface area contributed by atoms with Crippen molar-refractivity contribution in [2.75, 3.05) is 13.2 Å². The zero-order chi connectivity index (χ0) is 15.9. The van der Waals surface area contributed by atoms with Gasteiger partial charge in [0.1, 0.15) is 23.5 Å². The maximum absolute atomic E-state index is 12.2. The van der Waals surface area contributed by atoms with E-state index >= 15 is 0 Å². The highest BCUT2D eigenvalue weighted by Crippen LogP contribution is 2.35. The monoisotopic (exact) mass is 382 g/mol. The summed E-state index contributed by atoms with van der Waals surface area (Å²) in [6.07, 6.45) is 0.831. The summed E-state index contributed by atoms with van der Waals surface area (Å²) in [5.41, 5.74) is 0.144. The molecular formula is C15H12BrClN2O3. The van der Waals surface area contributed by atoms with Gasteiger partial charge >= 0.3 is 0 Å². The van der Waals surface area contributed by atoms with Crippen molar-refractivity contribution in [3.8, 4) is 11.8 Å². The quantitative estimate of drug-likeness (QED) is 0.800. The van der Waals surface area contributed by atoms with Crippen LogP contribution in [0.15, 0.2) is 21.4 Å². The fourth-order valence-corrected chi connectivity index (χ4v) is 3.19. The highest BCUT2D eigenvalue weighted by atomic mass is 79.9. The maximum atomic E-state index is 12.2. The van der Waals surface area contributed by atoms with Crippen LogP contribution in [0.4, 0.5) is 0 Å². The Balaban J connectivity index is 2.19. The lowest BCUT2D eigenvalue weighted by Gasteiger charge is -2.16. The summed E-state index contributed by atoms with van der Waals surface area (Å²) in [4.78, 5) is 12.2. The Hall–Kier alpha value is -1.55. The van der Waals surface area contributed by atoms with E-state index in [1.165, 1.54) is 4.57 Å². The zero-order valence-corrected chi connectivity index (χ0v) is 14.1. The van der Waals surface area contributed by atoms with Crippen LogP contribution in [-0.2, 0) is 11.8 Å². The predicted molar refractivity (Wildman–Crippen MR) is 86.5 cm³/mol. The molecule has 0 amide bonds. The fourth-order valence-electron chi connectivity index (χ4n) is 2.47. The number of aromatic nitrogens is 1. The van der Waals surface area contributed by atoms with Crippen LogP contribution in [0.2, 0.25) is 5.02 Å². The van der Waals surface area contributed by atoms with Crippen LogP contribution in [0.5, 0.6) is 5.75 Å². The number of nitriles is 1. The van der Waals surface area contributed by atoms with Crippen LogP contribution in [-0.4, -0.2) is 23.9 Å². The van der Waals surface area contributed by atoms with Gasteiger partial charge in [0.25, 0.3) is 5.56 Å². The molecule has 1 saturated heterocycles. The van der Waals surface area contributed by atoms with Crippen molar-refractivity contribution in [3.63, 3.8) is 0 Å². The standard InChI is InChI=1S/C15H12BrClN2O3/c1-19-12-5-13(22-8-2-3-21-7-8)11(16)4-9(12)14(17)10(6-18)15(19)20/h4-5,8H,2-3,7H2,1H3/t8-/m1/s1. The van der Waals surface area contributed by atoms with Gasteiger partial charge in [-0.2, -0.15) is 5.26 Å². The molecule has 2 aromatic rings. The first-order chi connectivity index (χ1) is 10.5. The van der Waals surface area contributed by atoms with Gasteiger partial charge in [0, 0.05) is 24.9 Å². The fraction of sp³-hybridized carbons (Fsp3) is 0.333. The van der Waals surface area contributed by atoms with Crippen molar-refractivity contribution >= 4 is 38.4 Å². The number of nitrogens with zero attached hydrogens (tertiary/aromatic N) is 2. The summed E-state index contributed by atoms with van der Waals surface area (Å²) in [6.45, 7) is 1.24. The van der Waals surface area contributed by atoms with E-state index in [0.717, 1.165) is 10.9 Å². The third-order valence-electron chi connectivity index (χ3n) is 3.68. The average Bonchev–Trinajstić information content (AvgIpc) is 3.00. The average molecular weight is 384 g/mol. The first-order valence-electron chi connectivity index (χ1n) is 6.69. The molecule has 22 heavy (non-hydrogen) atoms. The summed E-state index contributed by atoms with van der Waals surface area (Å²) in [6, 6.07) is 5.38. The third kappa shape index (κ3) is 2.50. The second kappa shape index (κ2) is 5.92. The normalized spacial score (nSPS) is 17.6. The molecule has 1 aliphatic rings. The van der Waals surface area contributed by atoms with Crippen LogP contribution >= 0.6 is 27.5 Å². The second-order valence-electron chi connectivity index (χ2n) is 5.07. The number of hydrogen-bond donors (Lipinski definition) is 0. The van der Waals surface area contributed by atoms with E-state index in [4.69, 9.17) is 26.3 Å². The minimum atomic E-state index is -0.419. The minimum absolute atomic E-state index is 0.000341. The van der Waals surface area contributed by atoms with Crippen LogP contribution in [0.25, 0.3) is 10.9 Å². The minimum Gasteiger partial charge on any atom is -0.487 e. The van der Waals surface area contributed by atoms with Gasteiger partial charge < -0.3 is 14.0 Å². The van der Waals surface area contributed by atoms with Gasteiger partial charge in [-0.15, -0.1) is 0 Å². The van der Waals surface area contributed by atoms with Gasteiger partial charge in [-0.3, -0.25) is 4.79 Å². The molecule has 1 aromatic heterocycles. The van der Waals surface area contributed by atoms with E-state index in [9.17, 15) is 4.79 Å². The highest BCUT2D eigenvalue weighted by Gasteiger charge is 2.20. The van der Waals surface area contributed by atoms with Gasteiger partial charge in [0.15, 0.2) is 0 Å². The first-order valence-corrected chi connectivity index (χ1v) is 7.86. The largest absolute Gasteiger partial charge is 0.487 e. The molecule has 0 bridgehead atoms. The Morgan fingerprint density at radius 2 is 2.32 bits per heavy atom. The maximum Gasteiger partial charge on any atom is 0.270 e. The lowest BCUT2D eigenvalue weighted by Crippen LogP contribution is -2.21. The molecule has 3 rings (SSSR count). The molecule has 5 nitrogen and oxygen atoms in total. The number of fused-ring (bicyclic) bond motifs is 1. The van der Waals surface area contributed by atoms with Crippen LogP contribution in [0, 0.1) is 11.3 Å². The molecule has 0 unspecified atom stereocenters. The number of pyridine rings is 1. The van der Waals surface area contributed by atoms with E-state index in [2.05, 4.69) is 15.9 Å². The smallest absolute Gasteiger partial charge is 0.270 e. The number of halogens is 2. The second-order valence-corrected chi connectivity index (χ2v) is 6.30. The number of benzene rings is 1. The summed E-state index contributed by atoms with van der Waals surface area (Å²) < 4.78 is 13.3. The molecule has 0 aliphatic carbocycles. The topological polar surface area (TPSA) is 64.2 Å². The van der Waals surface area contributed by atoms with Crippen molar-refractivity contribution in [3.05, 3.63) is 37.5 Å². The van der Waals surface area contributed by atoms with Gasteiger partial charge in [-0.05, 0) is 22.0 Å². The van der Waals surface area contributed by atoms with Crippen molar-refractivity contribution in [1.82, 2.24) is 4.57 Å². The van der Waals surface area contributed by atoms with Crippen LogP contribution in [0.3, 0.4) is 0 Å². The molecule has 1 aromatic carbocycles. The van der Waals surface area contributed by atoms with Gasteiger partial charge in [0.2, 0.25) is 0 Å². The van der Waals surface area contributed by atoms with Gasteiger partial charge in [-0.25, -0.2) is 0 Å². The molecule has 0 N–H and O–H groups in total. The summed E-state index contributed by atoms with van der Waals surface area (Å²) >= 11 is 9.65. The lowest BCUT2D eigenvalue weighted by molar-refractivity contribution is 0.141. The highest BCUT2D eigenvalue weighted by molar-refractivity contribution is 9.10. The molecule has 114 valence electrons. The number of rotatable bonds is 2. The van der Waals surface area contributed by atoms with E-state index < -0.39 is 5.56 Å². The molecular weight excluding hydrogens is 372 g/mol. The Bertz CT molecular complexity index is 851. The Morgan fingerprint density at radius 3 is 2.95 bits per heavy atom. The summed E-state index contributed by atoms with van der Waals surface area (Å²) in [7, 11) is 1.61. The number of hydrogen-bond acceptors (Lipinski definition) is 4. The predicted octanol–water partition coefficient (Wildman–Crippen LogP) is 2.99. The molecule has 1 atom stereocenters. The van der Waals surface area contributed by atoms with Crippen LogP contribution in [0.1, 0.15) is 12.0 Å². The lowest BCUT2D eigenvalue weighted by atomic mass is 10.1. The van der Waals surface area contributed by atoms with Crippen molar-refractivity contribution in [2.45, 2.75) is 12.5 Å². The van der Waals surface area contributed by atoms with Crippen molar-refractivity contribution < 1.29 is 9.47 Å². The van der Waals surface area contributed by atoms with Crippen molar-refractivity contribution in [1.29, 1.82) is 5.26 Å². The third-order valence-corrected chi connectivity index (χ3v) is 4.69.